The molecule has 4 nitrogen and oxygen atoms in total. The minimum absolute atomic E-state index is 0.160. The van der Waals surface area contributed by atoms with Crippen molar-refractivity contribution in [2.24, 2.45) is 0 Å². The standard InChI is InChI=1S/C15H17ClN2O2S/c1-8(19)17-10-7-5-6-9-11(16)13(21-12(9)10)14(20)18-15(2,3)4/h5-7H,1-4H3,(H,17,19)(H,18,20). The number of fused-ring (bicyclic) bond motifs is 1. The fraction of sp³-hybridized carbons (Fsp3) is 0.333. The van der Waals surface area contributed by atoms with Crippen molar-refractivity contribution in [2.75, 3.05) is 5.32 Å². The maximum Gasteiger partial charge on any atom is 0.263 e. The lowest BCUT2D eigenvalue weighted by Crippen LogP contribution is -2.40. The second-order valence-corrected chi connectivity index (χ2v) is 7.21. The molecule has 0 fully saturated rings. The number of benzene rings is 1. The van der Waals surface area contributed by atoms with Gasteiger partial charge in [0.15, 0.2) is 0 Å². The molecule has 1 heterocycles. The molecule has 1 aromatic carbocycles. The van der Waals surface area contributed by atoms with Crippen LogP contribution < -0.4 is 10.6 Å². The summed E-state index contributed by atoms with van der Waals surface area (Å²) in [6, 6.07) is 5.44. The van der Waals surface area contributed by atoms with Crippen LogP contribution in [0.15, 0.2) is 18.2 Å². The molecule has 0 unspecified atom stereocenters. The second kappa shape index (κ2) is 5.66. The first kappa shape index (κ1) is 15.8. The third-order valence-corrected chi connectivity index (χ3v) is 4.40. The summed E-state index contributed by atoms with van der Waals surface area (Å²) < 4.78 is 0.803. The molecule has 2 rings (SSSR count). The summed E-state index contributed by atoms with van der Waals surface area (Å²) in [5, 5.41) is 6.84. The number of halogens is 1. The monoisotopic (exact) mass is 324 g/mol. The highest BCUT2D eigenvalue weighted by atomic mass is 35.5. The van der Waals surface area contributed by atoms with Crippen molar-refractivity contribution >= 4 is 50.5 Å². The van der Waals surface area contributed by atoms with E-state index in [1.807, 2.05) is 26.8 Å². The molecule has 0 bridgehead atoms. The number of carbonyl (C=O) groups excluding carboxylic acids is 2. The smallest absolute Gasteiger partial charge is 0.263 e. The molecule has 6 heteroatoms. The first-order chi connectivity index (χ1) is 9.69. The van der Waals surface area contributed by atoms with Gasteiger partial charge in [-0.15, -0.1) is 11.3 Å². The van der Waals surface area contributed by atoms with Crippen LogP contribution in [0.5, 0.6) is 0 Å². The van der Waals surface area contributed by atoms with E-state index >= 15 is 0 Å². The number of carbonyl (C=O) groups is 2. The Kier molecular flexibility index (Phi) is 4.25. The average molecular weight is 325 g/mol. The molecule has 2 amide bonds. The molecular weight excluding hydrogens is 308 g/mol. The lowest BCUT2D eigenvalue weighted by molar-refractivity contribution is -0.114. The van der Waals surface area contributed by atoms with Crippen molar-refractivity contribution in [1.82, 2.24) is 5.32 Å². The van der Waals surface area contributed by atoms with Crippen molar-refractivity contribution in [1.29, 1.82) is 0 Å². The molecule has 0 saturated heterocycles. The van der Waals surface area contributed by atoms with Crippen molar-refractivity contribution < 1.29 is 9.59 Å². The molecule has 0 atom stereocenters. The Hall–Kier alpha value is -1.59. The average Bonchev–Trinajstić information content (AvgIpc) is 2.66. The molecule has 0 spiro atoms. The van der Waals surface area contributed by atoms with Gasteiger partial charge in [0.2, 0.25) is 5.91 Å². The van der Waals surface area contributed by atoms with Gasteiger partial charge in [-0.25, -0.2) is 0 Å². The molecule has 0 aliphatic rings. The summed E-state index contributed by atoms with van der Waals surface area (Å²) in [4.78, 5) is 24.0. The first-order valence-corrected chi connectivity index (χ1v) is 7.69. The van der Waals surface area contributed by atoms with Gasteiger partial charge in [0, 0.05) is 17.8 Å². The Balaban J connectivity index is 2.50. The van der Waals surface area contributed by atoms with Crippen LogP contribution in [0.3, 0.4) is 0 Å². The lowest BCUT2D eigenvalue weighted by atomic mass is 10.1. The van der Waals surface area contributed by atoms with Gasteiger partial charge in [0.25, 0.3) is 5.91 Å². The zero-order valence-corrected chi connectivity index (χ0v) is 13.9. The van der Waals surface area contributed by atoms with Crippen LogP contribution >= 0.6 is 22.9 Å². The highest BCUT2D eigenvalue weighted by molar-refractivity contribution is 7.22. The van der Waals surface area contributed by atoms with Gasteiger partial charge in [0.05, 0.1) is 15.4 Å². The Bertz CT molecular complexity index is 716. The van der Waals surface area contributed by atoms with E-state index in [1.165, 1.54) is 18.3 Å². The Labute approximate surface area is 132 Å². The predicted octanol–water partition coefficient (Wildman–Crippen LogP) is 4.04. The second-order valence-electron chi connectivity index (χ2n) is 5.81. The van der Waals surface area contributed by atoms with Gasteiger partial charge in [0.1, 0.15) is 4.88 Å². The third kappa shape index (κ3) is 3.54. The fourth-order valence-electron chi connectivity index (χ4n) is 1.92. The maximum absolute atomic E-state index is 12.3. The number of rotatable bonds is 2. The van der Waals surface area contributed by atoms with E-state index in [0.29, 0.717) is 15.6 Å². The summed E-state index contributed by atoms with van der Waals surface area (Å²) in [6.07, 6.45) is 0. The van der Waals surface area contributed by atoms with Gasteiger partial charge in [-0.2, -0.15) is 0 Å². The number of hydrogen-bond donors (Lipinski definition) is 2. The number of thiophene rings is 1. The molecule has 2 N–H and O–H groups in total. The van der Waals surface area contributed by atoms with Gasteiger partial charge in [-0.1, -0.05) is 23.7 Å². The van der Waals surface area contributed by atoms with E-state index in [9.17, 15) is 9.59 Å². The van der Waals surface area contributed by atoms with Crippen LogP contribution in [0.4, 0.5) is 5.69 Å². The predicted molar refractivity (Wildman–Crippen MR) is 88.4 cm³/mol. The molecule has 0 saturated carbocycles. The summed E-state index contributed by atoms with van der Waals surface area (Å²) >= 11 is 7.61. The SMILES string of the molecule is CC(=O)Nc1cccc2c(Cl)c(C(=O)NC(C)(C)C)sc12. The minimum atomic E-state index is -0.336. The van der Waals surface area contributed by atoms with Crippen LogP contribution in [0, 0.1) is 0 Å². The molecule has 0 aliphatic carbocycles. The van der Waals surface area contributed by atoms with Gasteiger partial charge in [-0.05, 0) is 26.8 Å². The molecule has 112 valence electrons. The number of anilines is 1. The summed E-state index contributed by atoms with van der Waals surface area (Å²) in [6.45, 7) is 7.18. The van der Waals surface area contributed by atoms with Crippen LogP contribution in [-0.2, 0) is 4.79 Å². The van der Waals surface area contributed by atoms with Crippen LogP contribution in [0.1, 0.15) is 37.4 Å². The summed E-state index contributed by atoms with van der Waals surface area (Å²) in [5.74, 6) is -0.366. The number of hydrogen-bond acceptors (Lipinski definition) is 3. The Morgan fingerprint density at radius 3 is 2.48 bits per heavy atom. The van der Waals surface area contributed by atoms with Crippen molar-refractivity contribution in [3.8, 4) is 0 Å². The Morgan fingerprint density at radius 2 is 1.90 bits per heavy atom. The van der Waals surface area contributed by atoms with E-state index in [4.69, 9.17) is 11.6 Å². The summed E-state index contributed by atoms with van der Waals surface area (Å²) in [7, 11) is 0. The van der Waals surface area contributed by atoms with E-state index in [-0.39, 0.29) is 17.4 Å². The molecule has 0 aliphatic heterocycles. The van der Waals surface area contributed by atoms with E-state index < -0.39 is 0 Å². The van der Waals surface area contributed by atoms with E-state index in [1.54, 1.807) is 12.1 Å². The molecule has 21 heavy (non-hydrogen) atoms. The zero-order chi connectivity index (χ0) is 15.8. The normalized spacial score (nSPS) is 11.5. The largest absolute Gasteiger partial charge is 0.347 e. The maximum atomic E-state index is 12.3. The highest BCUT2D eigenvalue weighted by Crippen LogP contribution is 2.39. The van der Waals surface area contributed by atoms with Crippen molar-refractivity contribution in [3.05, 3.63) is 28.1 Å². The highest BCUT2D eigenvalue weighted by Gasteiger charge is 2.22. The van der Waals surface area contributed by atoms with Gasteiger partial charge in [-0.3, -0.25) is 9.59 Å². The molecule has 2 aromatic rings. The first-order valence-electron chi connectivity index (χ1n) is 6.50. The topological polar surface area (TPSA) is 58.2 Å². The minimum Gasteiger partial charge on any atom is -0.347 e. The molecule has 0 radical (unpaired) electrons. The molecule has 1 aromatic heterocycles. The van der Waals surface area contributed by atoms with Crippen LogP contribution in [-0.4, -0.2) is 17.4 Å². The Morgan fingerprint density at radius 1 is 1.24 bits per heavy atom. The quantitative estimate of drug-likeness (QED) is 0.875. The van der Waals surface area contributed by atoms with Crippen molar-refractivity contribution in [2.45, 2.75) is 33.2 Å². The molecular formula is C15H17ClN2O2S. The summed E-state index contributed by atoms with van der Waals surface area (Å²) in [5.41, 5.74) is 0.332. The van der Waals surface area contributed by atoms with Gasteiger partial charge >= 0.3 is 0 Å². The number of nitrogens with one attached hydrogen (secondary N) is 2. The van der Waals surface area contributed by atoms with Crippen molar-refractivity contribution in [3.63, 3.8) is 0 Å². The zero-order valence-electron chi connectivity index (χ0n) is 12.3. The lowest BCUT2D eigenvalue weighted by Gasteiger charge is -2.19. The fourth-order valence-corrected chi connectivity index (χ4v) is 3.39. The van der Waals surface area contributed by atoms with Gasteiger partial charge < -0.3 is 10.6 Å². The van der Waals surface area contributed by atoms with Crippen LogP contribution in [0.2, 0.25) is 5.02 Å². The van der Waals surface area contributed by atoms with E-state index in [0.717, 1.165) is 10.1 Å². The third-order valence-electron chi connectivity index (χ3n) is 2.66. The van der Waals surface area contributed by atoms with E-state index in [2.05, 4.69) is 10.6 Å². The van der Waals surface area contributed by atoms with Crippen LogP contribution in [0.25, 0.3) is 10.1 Å². The number of amides is 2.